The van der Waals surface area contributed by atoms with Crippen molar-refractivity contribution in [3.05, 3.63) is 82.3 Å². The summed E-state index contributed by atoms with van der Waals surface area (Å²) in [6, 6.07) is 22.5. The van der Waals surface area contributed by atoms with E-state index >= 15 is 0 Å². The summed E-state index contributed by atoms with van der Waals surface area (Å²) in [4.78, 5) is 35.6. The van der Waals surface area contributed by atoms with E-state index in [-0.39, 0.29) is 5.91 Å². The molecule has 1 saturated heterocycles. The Balaban J connectivity index is 0.000000427. The fourth-order valence-electron chi connectivity index (χ4n) is 3.54. The van der Waals surface area contributed by atoms with Crippen LogP contribution in [0.5, 0.6) is 0 Å². The standard InChI is InChI=1S/C22H21BrN2O.C2H2O4/c23-19-10-8-17(9-11-19)16-24-12-14-25(15-13-24)22(26)21-7-3-5-18-4-1-2-6-20(18)21;3-1(4)2(5)6/h1-11H,12-16H2;(H,3,4)(H,5,6). The number of amides is 1. The largest absolute Gasteiger partial charge is 0.473 e. The number of carbonyl (C=O) groups is 3. The van der Waals surface area contributed by atoms with E-state index in [1.54, 1.807) is 0 Å². The Morgan fingerprint density at radius 2 is 1.38 bits per heavy atom. The minimum absolute atomic E-state index is 0.144. The highest BCUT2D eigenvalue weighted by molar-refractivity contribution is 9.10. The van der Waals surface area contributed by atoms with Crippen LogP contribution in [0.2, 0.25) is 0 Å². The molecule has 32 heavy (non-hydrogen) atoms. The van der Waals surface area contributed by atoms with Gasteiger partial charge in [0.25, 0.3) is 5.91 Å². The predicted molar refractivity (Wildman–Crippen MR) is 125 cm³/mol. The first kappa shape index (κ1) is 23.4. The fourth-order valence-corrected chi connectivity index (χ4v) is 3.80. The smallest absolute Gasteiger partial charge is 0.414 e. The molecule has 166 valence electrons. The van der Waals surface area contributed by atoms with Crippen LogP contribution in [0.3, 0.4) is 0 Å². The number of aliphatic carboxylic acids is 2. The lowest BCUT2D eigenvalue weighted by Crippen LogP contribution is -2.48. The molecule has 3 aromatic carbocycles. The molecule has 0 atom stereocenters. The normalized spacial score (nSPS) is 13.8. The maximum Gasteiger partial charge on any atom is 0.414 e. The van der Waals surface area contributed by atoms with E-state index in [9.17, 15) is 4.79 Å². The third-order valence-corrected chi connectivity index (χ3v) is 5.71. The van der Waals surface area contributed by atoms with Crippen LogP contribution in [0.15, 0.2) is 71.2 Å². The van der Waals surface area contributed by atoms with Crippen LogP contribution in [-0.2, 0) is 16.1 Å². The number of benzene rings is 3. The molecule has 0 unspecified atom stereocenters. The first-order valence-corrected chi connectivity index (χ1v) is 10.8. The molecule has 1 aliphatic rings. The number of rotatable bonds is 3. The van der Waals surface area contributed by atoms with Crippen LogP contribution in [0.4, 0.5) is 0 Å². The molecule has 2 N–H and O–H groups in total. The van der Waals surface area contributed by atoms with Gasteiger partial charge in [-0.3, -0.25) is 9.69 Å². The van der Waals surface area contributed by atoms with Crippen molar-refractivity contribution in [2.45, 2.75) is 6.54 Å². The van der Waals surface area contributed by atoms with Crippen molar-refractivity contribution < 1.29 is 24.6 Å². The van der Waals surface area contributed by atoms with Crippen LogP contribution in [0, 0.1) is 0 Å². The maximum atomic E-state index is 13.0. The Kier molecular flexibility index (Phi) is 7.97. The number of fused-ring (bicyclic) bond motifs is 1. The zero-order chi connectivity index (χ0) is 23.1. The molecule has 7 nitrogen and oxygen atoms in total. The molecule has 8 heteroatoms. The molecular formula is C24H23BrN2O5. The molecule has 4 rings (SSSR count). The number of piperazine rings is 1. The number of carboxylic acids is 2. The third-order valence-electron chi connectivity index (χ3n) is 5.18. The van der Waals surface area contributed by atoms with E-state index in [4.69, 9.17) is 19.8 Å². The quantitative estimate of drug-likeness (QED) is 0.534. The molecule has 1 heterocycles. The van der Waals surface area contributed by atoms with Crippen molar-refractivity contribution in [1.82, 2.24) is 9.80 Å². The summed E-state index contributed by atoms with van der Waals surface area (Å²) < 4.78 is 1.10. The summed E-state index contributed by atoms with van der Waals surface area (Å²) >= 11 is 3.48. The van der Waals surface area contributed by atoms with Gasteiger partial charge in [-0.25, -0.2) is 9.59 Å². The van der Waals surface area contributed by atoms with Crippen molar-refractivity contribution in [2.24, 2.45) is 0 Å². The lowest BCUT2D eigenvalue weighted by Gasteiger charge is -2.35. The van der Waals surface area contributed by atoms with Gasteiger partial charge in [-0.05, 0) is 34.5 Å². The summed E-state index contributed by atoms with van der Waals surface area (Å²) in [6.45, 7) is 4.31. The van der Waals surface area contributed by atoms with Gasteiger partial charge in [0.1, 0.15) is 0 Å². The molecule has 3 aromatic rings. The summed E-state index contributed by atoms with van der Waals surface area (Å²) in [5, 5.41) is 16.9. The van der Waals surface area contributed by atoms with Crippen molar-refractivity contribution >= 4 is 44.5 Å². The number of halogens is 1. The van der Waals surface area contributed by atoms with Crippen LogP contribution in [-0.4, -0.2) is 64.0 Å². The second kappa shape index (κ2) is 10.9. The Hall–Kier alpha value is -3.23. The molecule has 1 aliphatic heterocycles. The fraction of sp³-hybridized carbons (Fsp3) is 0.208. The van der Waals surface area contributed by atoms with E-state index in [2.05, 4.69) is 57.2 Å². The zero-order valence-electron chi connectivity index (χ0n) is 17.3. The van der Waals surface area contributed by atoms with Gasteiger partial charge in [0.05, 0.1) is 0 Å². The van der Waals surface area contributed by atoms with Crippen LogP contribution in [0.1, 0.15) is 15.9 Å². The summed E-state index contributed by atoms with van der Waals surface area (Å²) in [5.74, 6) is -3.50. The molecule has 0 aliphatic carbocycles. The molecular weight excluding hydrogens is 476 g/mol. The van der Waals surface area contributed by atoms with E-state index in [1.165, 1.54) is 5.56 Å². The van der Waals surface area contributed by atoms with Gasteiger partial charge in [0.2, 0.25) is 0 Å². The maximum absolute atomic E-state index is 13.0. The summed E-state index contributed by atoms with van der Waals surface area (Å²) in [5.41, 5.74) is 2.12. The molecule has 1 fully saturated rings. The molecule has 0 spiro atoms. The average molecular weight is 499 g/mol. The number of carbonyl (C=O) groups excluding carboxylic acids is 1. The highest BCUT2D eigenvalue weighted by Crippen LogP contribution is 2.21. The topological polar surface area (TPSA) is 98.1 Å². The van der Waals surface area contributed by atoms with Crippen LogP contribution >= 0.6 is 15.9 Å². The Morgan fingerprint density at radius 1 is 0.781 bits per heavy atom. The van der Waals surface area contributed by atoms with Crippen molar-refractivity contribution in [3.63, 3.8) is 0 Å². The molecule has 0 saturated carbocycles. The number of hydrogen-bond donors (Lipinski definition) is 2. The van der Waals surface area contributed by atoms with Crippen molar-refractivity contribution in [3.8, 4) is 0 Å². The molecule has 0 aromatic heterocycles. The number of hydrogen-bond acceptors (Lipinski definition) is 4. The van der Waals surface area contributed by atoms with Gasteiger partial charge >= 0.3 is 11.9 Å². The highest BCUT2D eigenvalue weighted by atomic mass is 79.9. The van der Waals surface area contributed by atoms with Crippen LogP contribution < -0.4 is 0 Å². The number of nitrogens with zero attached hydrogens (tertiary/aromatic N) is 2. The highest BCUT2D eigenvalue weighted by Gasteiger charge is 2.23. The van der Waals surface area contributed by atoms with Crippen molar-refractivity contribution in [1.29, 1.82) is 0 Å². The molecule has 1 amide bonds. The molecule has 0 radical (unpaired) electrons. The van der Waals surface area contributed by atoms with Gasteiger partial charge in [-0.2, -0.15) is 0 Å². The predicted octanol–water partition coefficient (Wildman–Crippen LogP) is 3.72. The van der Waals surface area contributed by atoms with Crippen LogP contribution in [0.25, 0.3) is 10.8 Å². The summed E-state index contributed by atoms with van der Waals surface area (Å²) in [6.07, 6.45) is 0. The Labute approximate surface area is 194 Å². The molecule has 0 bridgehead atoms. The van der Waals surface area contributed by atoms with Gasteiger partial charge in [-0.15, -0.1) is 0 Å². The third kappa shape index (κ3) is 6.15. The van der Waals surface area contributed by atoms with E-state index in [1.807, 2.05) is 35.2 Å². The van der Waals surface area contributed by atoms with Crippen molar-refractivity contribution in [2.75, 3.05) is 26.2 Å². The van der Waals surface area contributed by atoms with Gasteiger partial charge in [0, 0.05) is 42.8 Å². The Bertz CT molecular complexity index is 1090. The monoisotopic (exact) mass is 498 g/mol. The minimum atomic E-state index is -1.82. The van der Waals surface area contributed by atoms with Gasteiger partial charge in [0.15, 0.2) is 0 Å². The lowest BCUT2D eigenvalue weighted by molar-refractivity contribution is -0.159. The van der Waals surface area contributed by atoms with E-state index < -0.39 is 11.9 Å². The van der Waals surface area contributed by atoms with Gasteiger partial charge in [-0.1, -0.05) is 64.5 Å². The van der Waals surface area contributed by atoms with Gasteiger partial charge < -0.3 is 15.1 Å². The van der Waals surface area contributed by atoms with E-state index in [0.29, 0.717) is 0 Å². The second-order valence-electron chi connectivity index (χ2n) is 7.33. The SMILES string of the molecule is O=C(O)C(=O)O.O=C(c1cccc2ccccc12)N1CCN(Cc2ccc(Br)cc2)CC1. The first-order chi connectivity index (χ1) is 15.3. The Morgan fingerprint density at radius 3 is 2.00 bits per heavy atom. The first-order valence-electron chi connectivity index (χ1n) is 10.0. The van der Waals surface area contributed by atoms with E-state index in [0.717, 1.165) is 53.5 Å². The lowest BCUT2D eigenvalue weighted by atomic mass is 10.0. The number of carboxylic acid groups (broad SMARTS) is 2. The zero-order valence-corrected chi connectivity index (χ0v) is 18.9. The average Bonchev–Trinajstić information content (AvgIpc) is 2.80. The summed E-state index contributed by atoms with van der Waals surface area (Å²) in [7, 11) is 0. The second-order valence-corrected chi connectivity index (χ2v) is 8.25. The minimum Gasteiger partial charge on any atom is -0.473 e.